The van der Waals surface area contributed by atoms with Crippen molar-refractivity contribution in [3.63, 3.8) is 0 Å². The molecule has 0 saturated carbocycles. The number of nitrogens with one attached hydrogen (secondary N) is 2. The summed E-state index contributed by atoms with van der Waals surface area (Å²) >= 11 is 0. The molecule has 0 radical (unpaired) electrons. The molecule has 44 heavy (non-hydrogen) atoms. The van der Waals surface area contributed by atoms with Crippen LogP contribution in [0.15, 0.2) is 60.8 Å². The molecule has 0 spiro atoms. The number of carbonyl (C=O) groups excluding carboxylic acids is 1. The summed E-state index contributed by atoms with van der Waals surface area (Å²) in [6.07, 6.45) is -3.77. The van der Waals surface area contributed by atoms with Crippen molar-refractivity contribution in [3.05, 3.63) is 89.3 Å². The van der Waals surface area contributed by atoms with Gasteiger partial charge in [-0.2, -0.15) is 13.2 Å². The van der Waals surface area contributed by atoms with E-state index in [1.165, 1.54) is 37.6 Å². The van der Waals surface area contributed by atoms with Crippen molar-refractivity contribution in [2.24, 2.45) is 0 Å². The molecule has 3 N–H and O–H groups in total. The first kappa shape index (κ1) is 28.9. The van der Waals surface area contributed by atoms with E-state index in [0.29, 0.717) is 10.9 Å². The number of fused-ring (bicyclic) bond motifs is 2. The second-order valence-corrected chi connectivity index (χ2v) is 10.4. The lowest BCUT2D eigenvalue weighted by atomic mass is 9.81. The number of ether oxygens (including phenoxy) is 2. The van der Waals surface area contributed by atoms with Crippen molar-refractivity contribution in [3.8, 4) is 22.8 Å². The van der Waals surface area contributed by atoms with E-state index in [-0.39, 0.29) is 46.3 Å². The average Bonchev–Trinajstić information content (AvgIpc) is 3.68. The lowest BCUT2D eigenvalue weighted by molar-refractivity contribution is -0.265. The Balaban J connectivity index is 1.44. The van der Waals surface area contributed by atoms with E-state index >= 15 is 0 Å². The fourth-order valence-corrected chi connectivity index (χ4v) is 5.08. The normalized spacial score (nSPS) is 17.5. The highest BCUT2D eigenvalue weighted by Gasteiger charge is 2.57. The van der Waals surface area contributed by atoms with Crippen LogP contribution in [0, 0.1) is 5.82 Å². The molecule has 2 atom stereocenters. The second kappa shape index (κ2) is 10.5. The number of methoxy groups -OCH3 is 1. The van der Waals surface area contributed by atoms with Gasteiger partial charge in [-0.3, -0.25) is 9.78 Å². The fraction of sp³-hybridized carbons (Fsp3) is 0.241. The van der Waals surface area contributed by atoms with E-state index in [2.05, 4.69) is 35.9 Å². The molecule has 11 nitrogen and oxygen atoms in total. The van der Waals surface area contributed by atoms with Crippen molar-refractivity contribution >= 4 is 16.8 Å². The first-order valence-corrected chi connectivity index (χ1v) is 13.1. The minimum absolute atomic E-state index is 0.0143. The lowest BCUT2D eigenvalue weighted by Crippen LogP contribution is -2.51. The molecule has 1 amide bonds. The molecular weight excluding hydrogens is 586 g/mol. The number of aromatic nitrogens is 6. The third kappa shape index (κ3) is 4.74. The molecule has 0 saturated heterocycles. The summed E-state index contributed by atoms with van der Waals surface area (Å²) in [6.45, 7) is 0.285. The van der Waals surface area contributed by atoms with Gasteiger partial charge in [0, 0.05) is 28.3 Å². The summed E-state index contributed by atoms with van der Waals surface area (Å²) in [6, 6.07) is 12.0. The minimum atomic E-state index is -5.31. The first-order chi connectivity index (χ1) is 20.9. The molecule has 1 aliphatic rings. The summed E-state index contributed by atoms with van der Waals surface area (Å²) in [4.78, 5) is 21.6. The van der Waals surface area contributed by atoms with Crippen LogP contribution in [0.2, 0.25) is 0 Å². The number of H-pyrrole nitrogens is 1. The van der Waals surface area contributed by atoms with Gasteiger partial charge in [-0.1, -0.05) is 6.07 Å². The lowest BCUT2D eigenvalue weighted by Gasteiger charge is -2.31. The third-order valence-electron chi connectivity index (χ3n) is 7.61. The Labute approximate surface area is 246 Å². The topological polar surface area (TPSA) is 148 Å². The molecule has 0 fully saturated rings. The van der Waals surface area contributed by atoms with Gasteiger partial charge in [0.2, 0.25) is 5.60 Å². The fourth-order valence-electron chi connectivity index (χ4n) is 5.08. The monoisotopic (exact) mass is 609 g/mol. The van der Waals surface area contributed by atoms with Crippen LogP contribution < -0.4 is 14.8 Å². The van der Waals surface area contributed by atoms with Crippen molar-refractivity contribution in [1.29, 1.82) is 0 Å². The van der Waals surface area contributed by atoms with E-state index < -0.39 is 41.2 Å². The molecule has 226 valence electrons. The second-order valence-electron chi connectivity index (χ2n) is 10.4. The van der Waals surface area contributed by atoms with Gasteiger partial charge in [0.1, 0.15) is 35.1 Å². The van der Waals surface area contributed by atoms with Gasteiger partial charge in [0.05, 0.1) is 24.8 Å². The highest BCUT2D eigenvalue weighted by molar-refractivity contribution is 5.99. The molecule has 3 aromatic heterocycles. The first-order valence-electron chi connectivity index (χ1n) is 13.1. The molecule has 0 bridgehead atoms. The number of aliphatic hydroxyl groups is 1. The van der Waals surface area contributed by atoms with Gasteiger partial charge in [0.15, 0.2) is 5.82 Å². The Morgan fingerprint density at radius 3 is 2.64 bits per heavy atom. The molecule has 1 unspecified atom stereocenters. The van der Waals surface area contributed by atoms with Crippen molar-refractivity contribution in [1.82, 2.24) is 35.9 Å². The number of amides is 1. The van der Waals surface area contributed by atoms with Gasteiger partial charge in [0.25, 0.3) is 5.91 Å². The van der Waals surface area contributed by atoms with Gasteiger partial charge >= 0.3 is 6.18 Å². The van der Waals surface area contributed by atoms with E-state index in [4.69, 9.17) is 9.47 Å². The van der Waals surface area contributed by atoms with Crippen molar-refractivity contribution < 1.29 is 36.9 Å². The summed E-state index contributed by atoms with van der Waals surface area (Å²) in [5.74, 6) is -0.926. The van der Waals surface area contributed by atoms with Crippen LogP contribution in [0.1, 0.15) is 34.4 Å². The molecule has 1 aliphatic heterocycles. The van der Waals surface area contributed by atoms with Crippen LogP contribution in [0.3, 0.4) is 0 Å². The van der Waals surface area contributed by atoms with Gasteiger partial charge < -0.3 is 19.9 Å². The number of alkyl halides is 3. The predicted molar refractivity (Wildman–Crippen MR) is 146 cm³/mol. The number of nitrogens with zero attached hydrogens (tertiary/aromatic N) is 5. The Bertz CT molecular complexity index is 1870. The molecule has 5 aromatic rings. The number of aromatic amines is 1. The predicted octanol–water partition coefficient (Wildman–Crippen LogP) is 3.84. The van der Waals surface area contributed by atoms with Crippen LogP contribution in [0.5, 0.6) is 11.5 Å². The van der Waals surface area contributed by atoms with Crippen molar-refractivity contribution in [2.75, 3.05) is 20.3 Å². The minimum Gasteiger partial charge on any atom is -0.494 e. The standard InChI is InChI=1S/C29H23F4N7O4/c1-27(26-37-39-40-38-26)14-44-24-19(27)12-21(36-23(24)15-5-7-18(30)8-6-15)28(42,29(31,32)33)13-35-25(41)17-10-16-4-3-9-34-22(16)20(11-17)43-2/h3-12,42H,13-14H2,1-2H3,(H,35,41)(H,37,38,39,40)/t27-,28?/m0/s1. The average molecular weight is 610 g/mol. The van der Waals surface area contributed by atoms with Crippen LogP contribution in [-0.2, 0) is 11.0 Å². The van der Waals surface area contributed by atoms with Crippen LogP contribution in [0.25, 0.3) is 22.2 Å². The maximum absolute atomic E-state index is 14.8. The summed E-state index contributed by atoms with van der Waals surface area (Å²) in [7, 11) is 1.37. The van der Waals surface area contributed by atoms with Crippen molar-refractivity contribution in [2.45, 2.75) is 24.1 Å². The highest BCUT2D eigenvalue weighted by Crippen LogP contribution is 2.49. The number of benzene rings is 2. The molecule has 4 heterocycles. The van der Waals surface area contributed by atoms with E-state index in [0.717, 1.165) is 18.2 Å². The van der Waals surface area contributed by atoms with Crippen LogP contribution in [-0.4, -0.2) is 68.0 Å². The number of halogens is 4. The smallest absolute Gasteiger partial charge is 0.424 e. The van der Waals surface area contributed by atoms with Gasteiger partial charge in [-0.15, -0.1) is 5.10 Å². The molecule has 2 aromatic carbocycles. The zero-order valence-electron chi connectivity index (χ0n) is 23.1. The number of pyridine rings is 2. The van der Waals surface area contributed by atoms with Crippen LogP contribution in [0.4, 0.5) is 17.6 Å². The maximum Gasteiger partial charge on any atom is 0.424 e. The maximum atomic E-state index is 14.8. The molecule has 0 aliphatic carbocycles. The largest absolute Gasteiger partial charge is 0.494 e. The molecular formula is C29H23F4N7O4. The summed E-state index contributed by atoms with van der Waals surface area (Å²) in [5.41, 5.74) is -4.87. The quantitative estimate of drug-likeness (QED) is 0.234. The van der Waals surface area contributed by atoms with E-state index in [1.807, 2.05) is 0 Å². The van der Waals surface area contributed by atoms with Gasteiger partial charge in [-0.25, -0.2) is 14.5 Å². The Morgan fingerprint density at radius 1 is 1.18 bits per heavy atom. The molecule has 6 rings (SSSR count). The number of hydrogen-bond acceptors (Lipinski definition) is 9. The van der Waals surface area contributed by atoms with E-state index in [9.17, 15) is 27.5 Å². The summed E-state index contributed by atoms with van der Waals surface area (Å²) < 4.78 is 69.3. The highest BCUT2D eigenvalue weighted by atomic mass is 19.4. The number of hydrogen-bond donors (Lipinski definition) is 3. The zero-order chi connectivity index (χ0) is 31.3. The Morgan fingerprint density at radius 2 is 1.95 bits per heavy atom. The number of rotatable bonds is 7. The molecule has 15 heteroatoms. The van der Waals surface area contributed by atoms with Gasteiger partial charge in [-0.05, 0) is 65.9 Å². The summed E-state index contributed by atoms with van der Waals surface area (Å²) in [5, 5.41) is 27.8. The Hall–Kier alpha value is -5.18. The Kier molecular flexibility index (Phi) is 6.91. The third-order valence-corrected chi connectivity index (χ3v) is 7.61. The number of carbonyl (C=O) groups is 1. The van der Waals surface area contributed by atoms with E-state index in [1.54, 1.807) is 19.1 Å². The van der Waals surface area contributed by atoms with Crippen LogP contribution >= 0.6 is 0 Å². The number of tetrazole rings is 1. The SMILES string of the molecule is COc1cc(C(=O)NCC(O)(c2cc3c(c(-c4ccc(F)cc4)n2)OC[C@]3(C)c2nnn[nH]2)C(F)(F)F)cc2cccnc12. The zero-order valence-corrected chi connectivity index (χ0v) is 23.1.